The molecule has 0 saturated carbocycles. The van der Waals surface area contributed by atoms with Crippen LogP contribution in [0.2, 0.25) is 0 Å². The van der Waals surface area contributed by atoms with Crippen LogP contribution in [0.4, 0.5) is 0 Å². The zero-order valence-electron chi connectivity index (χ0n) is 23.7. The number of hydrogen-bond acceptors (Lipinski definition) is 5. The van der Waals surface area contributed by atoms with E-state index in [0.29, 0.717) is 11.3 Å². The van der Waals surface area contributed by atoms with Gasteiger partial charge in [0.05, 0.1) is 19.9 Å². The fourth-order valence-electron chi connectivity index (χ4n) is 4.56. The Balaban J connectivity index is 1.70. The predicted molar refractivity (Wildman–Crippen MR) is 163 cm³/mol. The van der Waals surface area contributed by atoms with Crippen LogP contribution in [0.1, 0.15) is 28.3 Å². The second-order valence-electron chi connectivity index (χ2n) is 9.90. The van der Waals surface area contributed by atoms with Gasteiger partial charge < -0.3 is 15.0 Å². The minimum Gasteiger partial charge on any atom is -0.497 e. The molecular formula is C33H35N3O5S. The van der Waals surface area contributed by atoms with E-state index in [4.69, 9.17) is 4.74 Å². The van der Waals surface area contributed by atoms with Crippen molar-refractivity contribution in [1.82, 2.24) is 14.5 Å². The maximum atomic E-state index is 14.1. The van der Waals surface area contributed by atoms with E-state index >= 15 is 0 Å². The highest BCUT2D eigenvalue weighted by Gasteiger charge is 2.33. The van der Waals surface area contributed by atoms with Gasteiger partial charge >= 0.3 is 0 Å². The van der Waals surface area contributed by atoms with E-state index in [0.717, 1.165) is 27.3 Å². The van der Waals surface area contributed by atoms with Crippen molar-refractivity contribution in [2.24, 2.45) is 0 Å². The lowest BCUT2D eigenvalue weighted by molar-refractivity contribution is -0.141. The summed E-state index contributed by atoms with van der Waals surface area (Å²) in [5.41, 5.74) is 3.03. The number of hydrogen-bond donors (Lipinski definition) is 1. The molecule has 0 heterocycles. The number of ether oxygens (including phenoxy) is 1. The van der Waals surface area contributed by atoms with E-state index in [9.17, 15) is 18.0 Å². The molecule has 0 aliphatic carbocycles. The number of carbonyl (C=O) groups excluding carboxylic acids is 2. The van der Waals surface area contributed by atoms with Crippen molar-refractivity contribution in [2.45, 2.75) is 25.7 Å². The van der Waals surface area contributed by atoms with Gasteiger partial charge in [-0.3, -0.25) is 9.59 Å². The van der Waals surface area contributed by atoms with Crippen molar-refractivity contribution in [1.29, 1.82) is 0 Å². The van der Waals surface area contributed by atoms with Crippen molar-refractivity contribution in [3.63, 3.8) is 0 Å². The van der Waals surface area contributed by atoms with Crippen LogP contribution in [0.3, 0.4) is 0 Å². The van der Waals surface area contributed by atoms with Gasteiger partial charge in [0.1, 0.15) is 11.8 Å². The van der Waals surface area contributed by atoms with E-state index in [1.807, 2.05) is 78.9 Å². The normalized spacial score (nSPS) is 12.0. The fourth-order valence-corrected chi connectivity index (χ4v) is 5.29. The summed E-state index contributed by atoms with van der Waals surface area (Å²) in [6.45, 7) is -0.0572. The number of carbonyl (C=O) groups is 2. The predicted octanol–water partition coefficient (Wildman–Crippen LogP) is 4.54. The Hall–Kier alpha value is -4.47. The monoisotopic (exact) mass is 585 g/mol. The molecule has 0 spiro atoms. The topological polar surface area (TPSA) is 96.0 Å². The molecule has 2 amide bonds. The van der Waals surface area contributed by atoms with E-state index in [2.05, 4.69) is 5.32 Å². The van der Waals surface area contributed by atoms with Gasteiger partial charge in [0, 0.05) is 19.6 Å². The molecule has 0 bridgehead atoms. The highest BCUT2D eigenvalue weighted by Crippen LogP contribution is 2.26. The summed E-state index contributed by atoms with van der Waals surface area (Å²) in [5, 5.41) is 2.98. The summed E-state index contributed by atoms with van der Waals surface area (Å²) in [5.74, 6) is -0.222. The summed E-state index contributed by atoms with van der Waals surface area (Å²) in [6, 6.07) is 33.8. The molecular weight excluding hydrogens is 550 g/mol. The number of rotatable bonds is 13. The molecule has 4 aromatic rings. The molecule has 0 fully saturated rings. The SMILES string of the molecule is COc1ccc(CN(C(=O)CN(Cc2ccccc2)S(C)(=O)=O)[C@H](C(=O)NCc2ccccc2)c2ccccc2)cc1. The maximum absolute atomic E-state index is 14.1. The first-order chi connectivity index (χ1) is 20.2. The van der Waals surface area contributed by atoms with Crippen molar-refractivity contribution in [2.75, 3.05) is 19.9 Å². The van der Waals surface area contributed by atoms with Crippen LogP contribution in [0, 0.1) is 0 Å². The van der Waals surface area contributed by atoms with Crippen LogP contribution >= 0.6 is 0 Å². The summed E-state index contributed by atoms with van der Waals surface area (Å²) < 4.78 is 32.0. The first-order valence-electron chi connectivity index (χ1n) is 13.5. The van der Waals surface area contributed by atoms with Gasteiger partial charge in [-0.2, -0.15) is 4.31 Å². The Morgan fingerprint density at radius 2 is 1.26 bits per heavy atom. The van der Waals surface area contributed by atoms with Gasteiger partial charge in [-0.05, 0) is 34.4 Å². The fraction of sp³-hybridized carbons (Fsp3) is 0.212. The Labute approximate surface area is 247 Å². The Morgan fingerprint density at radius 1 is 0.738 bits per heavy atom. The first kappa shape index (κ1) is 30.5. The Morgan fingerprint density at radius 3 is 1.81 bits per heavy atom. The molecule has 1 atom stereocenters. The van der Waals surface area contributed by atoms with Crippen molar-refractivity contribution in [3.05, 3.63) is 138 Å². The van der Waals surface area contributed by atoms with E-state index in [-0.39, 0.29) is 25.5 Å². The lowest BCUT2D eigenvalue weighted by Crippen LogP contribution is -2.47. The van der Waals surface area contributed by atoms with Crippen LogP contribution in [0.5, 0.6) is 5.75 Å². The average molecular weight is 586 g/mol. The molecule has 4 rings (SSSR count). The molecule has 42 heavy (non-hydrogen) atoms. The third-order valence-corrected chi connectivity index (χ3v) is 8.00. The van der Waals surface area contributed by atoms with Crippen LogP contribution in [0.15, 0.2) is 115 Å². The van der Waals surface area contributed by atoms with Crippen molar-refractivity contribution >= 4 is 21.8 Å². The number of nitrogens with one attached hydrogen (secondary N) is 1. The number of benzene rings is 4. The number of nitrogens with zero attached hydrogens (tertiary/aromatic N) is 2. The van der Waals surface area contributed by atoms with Crippen LogP contribution < -0.4 is 10.1 Å². The van der Waals surface area contributed by atoms with Gasteiger partial charge in [0.2, 0.25) is 21.8 Å². The molecule has 9 heteroatoms. The van der Waals surface area contributed by atoms with Gasteiger partial charge in [-0.15, -0.1) is 0 Å². The molecule has 0 unspecified atom stereocenters. The number of methoxy groups -OCH3 is 1. The molecule has 218 valence electrons. The maximum Gasteiger partial charge on any atom is 0.247 e. The summed E-state index contributed by atoms with van der Waals surface area (Å²) in [6.07, 6.45) is 1.08. The molecule has 8 nitrogen and oxygen atoms in total. The quantitative estimate of drug-likeness (QED) is 0.249. The zero-order valence-corrected chi connectivity index (χ0v) is 24.5. The highest BCUT2D eigenvalue weighted by atomic mass is 32.2. The van der Waals surface area contributed by atoms with Crippen molar-refractivity contribution < 1.29 is 22.7 Å². The molecule has 4 aromatic carbocycles. The third kappa shape index (κ3) is 8.52. The molecule has 0 radical (unpaired) electrons. The Kier molecular flexibility index (Phi) is 10.5. The minimum atomic E-state index is -3.76. The van der Waals surface area contributed by atoms with Crippen molar-refractivity contribution in [3.8, 4) is 5.75 Å². The first-order valence-corrected chi connectivity index (χ1v) is 15.4. The lowest BCUT2D eigenvalue weighted by atomic mass is 10.0. The second-order valence-corrected chi connectivity index (χ2v) is 11.9. The number of sulfonamides is 1. The van der Waals surface area contributed by atoms with Gasteiger partial charge in [0.15, 0.2) is 0 Å². The summed E-state index contributed by atoms with van der Waals surface area (Å²) in [4.78, 5) is 29.4. The smallest absolute Gasteiger partial charge is 0.247 e. The van der Waals surface area contributed by atoms with E-state index < -0.39 is 28.5 Å². The zero-order chi connectivity index (χ0) is 30.0. The average Bonchev–Trinajstić information content (AvgIpc) is 3.01. The highest BCUT2D eigenvalue weighted by molar-refractivity contribution is 7.88. The van der Waals surface area contributed by atoms with Gasteiger partial charge in [-0.25, -0.2) is 8.42 Å². The third-order valence-electron chi connectivity index (χ3n) is 6.80. The summed E-state index contributed by atoms with van der Waals surface area (Å²) >= 11 is 0. The standard InChI is InChI=1S/C33H35N3O5S/c1-41-30-20-18-28(19-21-30)24-36(31(37)25-35(42(2,39)40)23-27-14-8-4-9-15-27)32(29-16-10-5-11-17-29)33(38)34-22-26-12-6-3-7-13-26/h3-21,32H,22-25H2,1-2H3,(H,34,38)/t32-/m0/s1. The number of amides is 2. The van der Waals surface area contributed by atoms with E-state index in [1.54, 1.807) is 43.5 Å². The Bertz CT molecular complexity index is 1550. The van der Waals surface area contributed by atoms with Crippen LogP contribution in [-0.4, -0.2) is 49.3 Å². The molecule has 0 aliphatic heterocycles. The van der Waals surface area contributed by atoms with E-state index in [1.165, 1.54) is 4.90 Å². The van der Waals surface area contributed by atoms with Crippen LogP contribution in [0.25, 0.3) is 0 Å². The second kappa shape index (κ2) is 14.4. The molecule has 1 N–H and O–H groups in total. The molecule has 0 saturated heterocycles. The summed E-state index contributed by atoms with van der Waals surface area (Å²) in [7, 11) is -2.19. The van der Waals surface area contributed by atoms with Crippen LogP contribution in [-0.2, 0) is 39.2 Å². The minimum absolute atomic E-state index is 0.0258. The van der Waals surface area contributed by atoms with Gasteiger partial charge in [-0.1, -0.05) is 103 Å². The lowest BCUT2D eigenvalue weighted by Gasteiger charge is -2.33. The molecule has 0 aromatic heterocycles. The largest absolute Gasteiger partial charge is 0.497 e. The molecule has 0 aliphatic rings. The van der Waals surface area contributed by atoms with Gasteiger partial charge in [0.25, 0.3) is 0 Å².